The molecule has 1 aliphatic heterocycles. The molecule has 0 saturated carbocycles. The molecule has 3 heterocycles. The fraction of sp³-hybridized carbons (Fsp3) is 0.242. The highest BCUT2D eigenvalue weighted by atomic mass is 35.5. The molecule has 6 rings (SSSR count). The number of ether oxygens (including phenoxy) is 1. The molecule has 3 aromatic carbocycles. The lowest BCUT2D eigenvalue weighted by Crippen LogP contribution is -2.12. The van der Waals surface area contributed by atoms with Crippen LogP contribution in [0.3, 0.4) is 0 Å². The summed E-state index contributed by atoms with van der Waals surface area (Å²) in [5, 5.41) is 2.54. The second-order valence-electron chi connectivity index (χ2n) is 10.2. The molecule has 0 aliphatic carbocycles. The maximum absolute atomic E-state index is 11.2. The molecule has 0 amide bonds. The lowest BCUT2D eigenvalue weighted by Gasteiger charge is -2.22. The molecule has 0 fully saturated rings. The van der Waals surface area contributed by atoms with Crippen molar-refractivity contribution in [3.05, 3.63) is 105 Å². The van der Waals surface area contributed by atoms with Crippen LogP contribution in [0.2, 0.25) is 5.02 Å². The summed E-state index contributed by atoms with van der Waals surface area (Å²) < 4.78 is 16.4. The number of fused-ring (bicyclic) bond motifs is 4. The second kappa shape index (κ2) is 13.2. The predicted molar refractivity (Wildman–Crippen MR) is 172 cm³/mol. The van der Waals surface area contributed by atoms with Crippen molar-refractivity contribution in [3.8, 4) is 5.75 Å². The first-order valence-electron chi connectivity index (χ1n) is 13.2. The van der Waals surface area contributed by atoms with E-state index in [-0.39, 0.29) is 24.0 Å². The molecule has 2 aromatic heterocycles. The van der Waals surface area contributed by atoms with E-state index >= 15 is 0 Å². The monoisotopic (exact) mass is 609 g/mol. The van der Waals surface area contributed by atoms with E-state index in [0.717, 1.165) is 40.3 Å². The van der Waals surface area contributed by atoms with E-state index in [9.17, 15) is 4.79 Å². The van der Waals surface area contributed by atoms with Gasteiger partial charge in [0.2, 0.25) is 0 Å². The molecule has 0 atom stereocenters. The summed E-state index contributed by atoms with van der Waals surface area (Å²) in [6.07, 6.45) is 3.38. The average Bonchev–Trinajstić information content (AvgIpc) is 3.29. The van der Waals surface area contributed by atoms with Crippen LogP contribution < -0.4 is 10.4 Å². The summed E-state index contributed by atoms with van der Waals surface area (Å²) in [5.41, 5.74) is 4.70. The van der Waals surface area contributed by atoms with E-state index in [4.69, 9.17) is 25.2 Å². The number of rotatable bonds is 5. The average molecular weight is 611 g/mol. The van der Waals surface area contributed by atoms with Crippen LogP contribution in [0, 0.1) is 0 Å². The molecular formula is C33H33Cl2NO4S. The van der Waals surface area contributed by atoms with Crippen LogP contribution in [0.25, 0.3) is 27.5 Å². The van der Waals surface area contributed by atoms with Gasteiger partial charge in [-0.25, -0.2) is 4.79 Å². The Morgan fingerprint density at radius 2 is 1.71 bits per heavy atom. The van der Waals surface area contributed by atoms with Crippen LogP contribution in [0.1, 0.15) is 43.1 Å². The second-order valence-corrected chi connectivity index (χ2v) is 11.8. The van der Waals surface area contributed by atoms with Gasteiger partial charge >= 0.3 is 5.63 Å². The summed E-state index contributed by atoms with van der Waals surface area (Å²) in [5.74, 6) is 1.77. The normalized spacial score (nSPS) is 13.1. The van der Waals surface area contributed by atoms with Crippen molar-refractivity contribution in [2.45, 2.75) is 36.0 Å². The molecule has 5 nitrogen and oxygen atoms in total. The molecule has 0 radical (unpaired) electrons. The van der Waals surface area contributed by atoms with E-state index < -0.39 is 0 Å². The maximum atomic E-state index is 11.2. The van der Waals surface area contributed by atoms with E-state index in [0.29, 0.717) is 11.2 Å². The molecule has 0 spiro atoms. The van der Waals surface area contributed by atoms with Gasteiger partial charge in [0.05, 0.1) is 12.5 Å². The third kappa shape index (κ3) is 6.68. The van der Waals surface area contributed by atoms with Gasteiger partial charge in [-0.15, -0.1) is 12.4 Å². The molecule has 214 valence electrons. The van der Waals surface area contributed by atoms with Crippen molar-refractivity contribution in [3.63, 3.8) is 0 Å². The standard InChI is InChI=1S/C18H18ClNS.C15H14O4.ClH/c1-20(2)11-5-7-14-15-6-3-4-8-17(15)21-18-10-9-13(19)12-16(14)18;1-8(2)14-15(17-3)10-6-9-4-5-13(16)18-11(9)7-12(10)19-14;/h3-4,6-10,12H,5,11H2,1-2H3;4-8H,1-3H3;1H. The zero-order valence-corrected chi connectivity index (χ0v) is 26.1. The van der Waals surface area contributed by atoms with Gasteiger partial charge in [0, 0.05) is 44.8 Å². The maximum Gasteiger partial charge on any atom is 0.336 e. The first-order chi connectivity index (χ1) is 19.2. The molecule has 0 N–H and O–H groups in total. The van der Waals surface area contributed by atoms with E-state index in [2.05, 4.69) is 61.5 Å². The zero-order chi connectivity index (χ0) is 28.4. The topological polar surface area (TPSA) is 55.8 Å². The number of methoxy groups -OCH3 is 1. The smallest absolute Gasteiger partial charge is 0.336 e. The minimum absolute atomic E-state index is 0. The van der Waals surface area contributed by atoms with Crippen molar-refractivity contribution in [2.24, 2.45) is 0 Å². The summed E-state index contributed by atoms with van der Waals surface area (Å²) in [6.45, 7) is 5.13. The van der Waals surface area contributed by atoms with Gasteiger partial charge in [-0.05, 0) is 73.6 Å². The number of furan rings is 1. The molecule has 1 aliphatic rings. The minimum Gasteiger partial charge on any atom is -0.492 e. The number of hydrogen-bond donors (Lipinski definition) is 0. The van der Waals surface area contributed by atoms with E-state index in [1.807, 2.05) is 37.7 Å². The van der Waals surface area contributed by atoms with E-state index in [1.54, 1.807) is 19.2 Å². The highest BCUT2D eigenvalue weighted by molar-refractivity contribution is 7.99. The third-order valence-corrected chi connectivity index (χ3v) is 8.08. The molecule has 5 aromatic rings. The Kier molecular flexibility index (Phi) is 9.92. The SMILES string of the molecule is CN(C)CCC=C1c2ccccc2Sc2ccc(Cl)cc21.COc1c(C(C)C)oc2cc3oc(=O)ccc3cc12.Cl. The van der Waals surface area contributed by atoms with Gasteiger partial charge in [-0.1, -0.05) is 61.5 Å². The minimum atomic E-state index is -0.366. The zero-order valence-electron chi connectivity index (χ0n) is 23.7. The highest BCUT2D eigenvalue weighted by Gasteiger charge is 2.21. The number of halogens is 2. The Morgan fingerprint density at radius 3 is 2.44 bits per heavy atom. The van der Waals surface area contributed by atoms with Gasteiger partial charge in [0.25, 0.3) is 0 Å². The lowest BCUT2D eigenvalue weighted by atomic mass is 9.96. The van der Waals surface area contributed by atoms with Crippen molar-refractivity contribution >= 4 is 63.3 Å². The van der Waals surface area contributed by atoms with Crippen molar-refractivity contribution in [1.29, 1.82) is 0 Å². The number of benzene rings is 3. The fourth-order valence-corrected chi connectivity index (χ4v) is 6.04. The lowest BCUT2D eigenvalue weighted by molar-refractivity contribution is 0.390. The van der Waals surface area contributed by atoms with Crippen LogP contribution in [0.4, 0.5) is 0 Å². The van der Waals surface area contributed by atoms with Crippen LogP contribution in [-0.2, 0) is 0 Å². The van der Waals surface area contributed by atoms with Gasteiger partial charge < -0.3 is 18.5 Å². The Labute approximate surface area is 255 Å². The molecule has 0 unspecified atom stereocenters. The van der Waals surface area contributed by atoms with Gasteiger partial charge in [-0.3, -0.25) is 0 Å². The Balaban J connectivity index is 0.000000185. The van der Waals surface area contributed by atoms with E-state index in [1.165, 1.54) is 32.6 Å². The molecule has 0 saturated heterocycles. The Morgan fingerprint density at radius 1 is 0.951 bits per heavy atom. The largest absolute Gasteiger partial charge is 0.492 e. The predicted octanol–water partition coefficient (Wildman–Crippen LogP) is 9.28. The summed E-state index contributed by atoms with van der Waals surface area (Å²) in [4.78, 5) is 16.1. The molecule has 0 bridgehead atoms. The van der Waals surface area contributed by atoms with Crippen LogP contribution >= 0.6 is 35.8 Å². The molecule has 41 heavy (non-hydrogen) atoms. The van der Waals surface area contributed by atoms with Crippen LogP contribution in [-0.4, -0.2) is 32.6 Å². The fourth-order valence-electron chi connectivity index (χ4n) is 4.78. The van der Waals surface area contributed by atoms with Gasteiger partial charge in [0.1, 0.15) is 16.9 Å². The first-order valence-corrected chi connectivity index (χ1v) is 14.4. The summed E-state index contributed by atoms with van der Waals surface area (Å²) in [6, 6.07) is 21.6. The van der Waals surface area contributed by atoms with Crippen LogP contribution in [0.5, 0.6) is 5.75 Å². The van der Waals surface area contributed by atoms with Gasteiger partial charge in [0.15, 0.2) is 5.75 Å². The van der Waals surface area contributed by atoms with Crippen molar-refractivity contribution in [2.75, 3.05) is 27.7 Å². The number of hydrogen-bond acceptors (Lipinski definition) is 6. The Hall–Kier alpha value is -3.16. The Bertz CT molecular complexity index is 1770. The summed E-state index contributed by atoms with van der Waals surface area (Å²) in [7, 11) is 5.84. The van der Waals surface area contributed by atoms with Crippen LogP contribution in [0.15, 0.2) is 96.2 Å². The van der Waals surface area contributed by atoms with Gasteiger partial charge in [-0.2, -0.15) is 0 Å². The third-order valence-electron chi connectivity index (χ3n) is 6.69. The first kappa shape index (κ1) is 30.8. The van der Waals surface area contributed by atoms with Crippen molar-refractivity contribution in [1.82, 2.24) is 4.90 Å². The quantitative estimate of drug-likeness (QED) is 0.181. The highest BCUT2D eigenvalue weighted by Crippen LogP contribution is 2.46. The molecular weight excluding hydrogens is 577 g/mol. The molecule has 8 heteroatoms. The van der Waals surface area contributed by atoms with Crippen molar-refractivity contribution < 1.29 is 13.6 Å². The summed E-state index contributed by atoms with van der Waals surface area (Å²) >= 11 is 8.03. The number of nitrogens with zero attached hydrogens (tertiary/aromatic N) is 1.